The molecule has 2 aromatic carbocycles. The monoisotopic (exact) mass is 446 g/mol. The number of nitrogens with one attached hydrogen (secondary N) is 2. The van der Waals surface area contributed by atoms with Gasteiger partial charge in [-0.25, -0.2) is 0 Å². The SMILES string of the molecule is CC(=O)c1ccc(NC(=O)CSc2nnc(NC(=O)c3ccccc3Cl)s2)cc1. The van der Waals surface area contributed by atoms with Crippen LogP contribution >= 0.6 is 34.7 Å². The Hall–Kier alpha value is -2.75. The average Bonchev–Trinajstić information content (AvgIpc) is 3.14. The van der Waals surface area contributed by atoms with Crippen molar-refractivity contribution in [3.63, 3.8) is 0 Å². The predicted octanol–water partition coefficient (Wildman–Crippen LogP) is 4.38. The summed E-state index contributed by atoms with van der Waals surface area (Å²) in [6, 6.07) is 13.4. The summed E-state index contributed by atoms with van der Waals surface area (Å²) in [4.78, 5) is 35.6. The lowest BCUT2D eigenvalue weighted by atomic mass is 10.1. The Morgan fingerprint density at radius 1 is 1.03 bits per heavy atom. The van der Waals surface area contributed by atoms with Crippen LogP contribution in [0.3, 0.4) is 0 Å². The Morgan fingerprint density at radius 2 is 1.76 bits per heavy atom. The maximum absolute atomic E-state index is 12.2. The standard InChI is InChI=1S/C19H15ClN4O3S2/c1-11(25)12-6-8-13(9-7-12)21-16(26)10-28-19-24-23-18(29-19)22-17(27)14-4-2-3-5-15(14)20/h2-9H,10H2,1H3,(H,21,26)(H,22,23,27). The molecule has 3 aromatic rings. The second-order valence-corrected chi connectivity index (χ2v) is 8.38. The van der Waals surface area contributed by atoms with Crippen LogP contribution in [0.4, 0.5) is 10.8 Å². The first-order valence-electron chi connectivity index (χ1n) is 8.35. The van der Waals surface area contributed by atoms with Crippen LogP contribution < -0.4 is 10.6 Å². The fourth-order valence-corrected chi connectivity index (χ4v) is 4.01. The molecule has 1 heterocycles. The van der Waals surface area contributed by atoms with Crippen LogP contribution in [0.2, 0.25) is 5.02 Å². The van der Waals surface area contributed by atoms with Crippen molar-refractivity contribution in [1.82, 2.24) is 10.2 Å². The zero-order chi connectivity index (χ0) is 20.8. The van der Waals surface area contributed by atoms with E-state index in [0.717, 1.165) is 11.3 Å². The number of nitrogens with zero attached hydrogens (tertiary/aromatic N) is 2. The lowest BCUT2D eigenvalue weighted by Gasteiger charge is -2.04. The molecule has 7 nitrogen and oxygen atoms in total. The summed E-state index contributed by atoms with van der Waals surface area (Å²) < 4.78 is 0.543. The van der Waals surface area contributed by atoms with E-state index in [4.69, 9.17) is 11.6 Å². The molecule has 0 spiro atoms. The van der Waals surface area contributed by atoms with Crippen LogP contribution in [0.25, 0.3) is 0 Å². The van der Waals surface area contributed by atoms with Crippen molar-refractivity contribution in [2.75, 3.05) is 16.4 Å². The van der Waals surface area contributed by atoms with Gasteiger partial charge in [0.2, 0.25) is 11.0 Å². The maximum Gasteiger partial charge on any atom is 0.259 e. The van der Waals surface area contributed by atoms with E-state index in [1.807, 2.05) is 0 Å². The highest BCUT2D eigenvalue weighted by Crippen LogP contribution is 2.26. The number of hydrogen-bond acceptors (Lipinski definition) is 7. The van der Waals surface area contributed by atoms with E-state index in [-0.39, 0.29) is 23.4 Å². The third kappa shape index (κ3) is 5.86. The van der Waals surface area contributed by atoms with Crippen molar-refractivity contribution in [3.8, 4) is 0 Å². The van der Waals surface area contributed by atoms with E-state index < -0.39 is 0 Å². The van der Waals surface area contributed by atoms with Crippen LogP contribution in [-0.4, -0.2) is 33.5 Å². The minimum atomic E-state index is -0.380. The minimum absolute atomic E-state index is 0.0351. The molecule has 0 saturated carbocycles. The van der Waals surface area contributed by atoms with Gasteiger partial charge in [0.25, 0.3) is 5.91 Å². The molecule has 0 saturated heterocycles. The van der Waals surface area contributed by atoms with Crippen molar-refractivity contribution in [2.24, 2.45) is 0 Å². The van der Waals surface area contributed by atoms with Crippen molar-refractivity contribution >= 4 is 63.1 Å². The molecule has 29 heavy (non-hydrogen) atoms. The van der Waals surface area contributed by atoms with Crippen molar-refractivity contribution in [2.45, 2.75) is 11.3 Å². The number of benzene rings is 2. The molecule has 1 aromatic heterocycles. The van der Waals surface area contributed by atoms with Crippen molar-refractivity contribution in [3.05, 3.63) is 64.7 Å². The molecule has 0 aliphatic rings. The maximum atomic E-state index is 12.2. The third-order valence-corrected chi connectivity index (χ3v) is 5.95. The van der Waals surface area contributed by atoms with Gasteiger partial charge < -0.3 is 5.32 Å². The molecule has 0 fully saturated rings. The average molecular weight is 447 g/mol. The second kappa shape index (κ2) is 9.64. The van der Waals surface area contributed by atoms with E-state index >= 15 is 0 Å². The number of aromatic nitrogens is 2. The summed E-state index contributed by atoms with van der Waals surface area (Å²) in [6.45, 7) is 1.48. The topological polar surface area (TPSA) is 101 Å². The smallest absolute Gasteiger partial charge is 0.259 e. The lowest BCUT2D eigenvalue weighted by molar-refractivity contribution is -0.113. The van der Waals surface area contributed by atoms with Crippen molar-refractivity contribution < 1.29 is 14.4 Å². The van der Waals surface area contributed by atoms with E-state index in [1.54, 1.807) is 48.5 Å². The van der Waals surface area contributed by atoms with Crippen LogP contribution in [0.5, 0.6) is 0 Å². The lowest BCUT2D eigenvalue weighted by Crippen LogP contribution is -2.14. The minimum Gasteiger partial charge on any atom is -0.325 e. The number of hydrogen-bond donors (Lipinski definition) is 2. The molecule has 10 heteroatoms. The van der Waals surface area contributed by atoms with Crippen LogP contribution in [0.1, 0.15) is 27.6 Å². The molecule has 2 N–H and O–H groups in total. The van der Waals surface area contributed by atoms with Gasteiger partial charge in [-0.05, 0) is 43.3 Å². The van der Waals surface area contributed by atoms with E-state index in [0.29, 0.717) is 31.3 Å². The first-order chi connectivity index (χ1) is 13.9. The Balaban J connectivity index is 1.51. The molecule has 0 aliphatic heterocycles. The van der Waals surface area contributed by atoms with Gasteiger partial charge in [0.15, 0.2) is 10.1 Å². The summed E-state index contributed by atoms with van der Waals surface area (Å²) in [5.74, 6) is -0.508. The molecule has 148 valence electrons. The largest absolute Gasteiger partial charge is 0.325 e. The fraction of sp³-hybridized carbons (Fsp3) is 0.105. The zero-order valence-electron chi connectivity index (χ0n) is 15.1. The summed E-state index contributed by atoms with van der Waals surface area (Å²) in [7, 11) is 0. The van der Waals surface area contributed by atoms with Gasteiger partial charge in [-0.1, -0.05) is 46.8 Å². The van der Waals surface area contributed by atoms with Gasteiger partial charge in [0.1, 0.15) is 0 Å². The van der Waals surface area contributed by atoms with E-state index in [1.165, 1.54) is 18.7 Å². The number of halogens is 1. The van der Waals surface area contributed by atoms with Gasteiger partial charge >= 0.3 is 0 Å². The molecule has 0 atom stereocenters. The Labute approximate surface area is 179 Å². The number of carbonyl (C=O) groups excluding carboxylic acids is 3. The van der Waals surface area contributed by atoms with Gasteiger partial charge in [-0.15, -0.1) is 10.2 Å². The highest BCUT2D eigenvalue weighted by molar-refractivity contribution is 8.01. The first kappa shape index (κ1) is 21.0. The van der Waals surface area contributed by atoms with Crippen LogP contribution in [-0.2, 0) is 4.79 Å². The molecule has 0 radical (unpaired) electrons. The number of ketones is 1. The van der Waals surface area contributed by atoms with Gasteiger partial charge in [-0.3, -0.25) is 19.7 Å². The summed E-state index contributed by atoms with van der Waals surface area (Å²) in [5, 5.41) is 13.9. The summed E-state index contributed by atoms with van der Waals surface area (Å²) in [6.07, 6.45) is 0. The number of anilines is 2. The fourth-order valence-electron chi connectivity index (χ4n) is 2.24. The van der Waals surface area contributed by atoms with Crippen LogP contribution in [0.15, 0.2) is 52.9 Å². The number of thioether (sulfide) groups is 1. The summed E-state index contributed by atoms with van der Waals surface area (Å²) >= 11 is 8.37. The Kier molecular flexibility index (Phi) is 6.97. The molecular formula is C19H15ClN4O3S2. The molecule has 2 amide bonds. The quantitative estimate of drug-likeness (QED) is 0.317. The molecule has 0 aliphatic carbocycles. The Bertz CT molecular complexity index is 1050. The highest BCUT2D eigenvalue weighted by Gasteiger charge is 2.14. The number of amides is 2. The normalized spacial score (nSPS) is 10.4. The molecular weight excluding hydrogens is 432 g/mol. The number of rotatable bonds is 7. The predicted molar refractivity (Wildman–Crippen MR) is 115 cm³/mol. The second-order valence-electron chi connectivity index (χ2n) is 5.78. The van der Waals surface area contributed by atoms with Crippen LogP contribution in [0, 0.1) is 0 Å². The number of carbonyl (C=O) groups is 3. The summed E-state index contributed by atoms with van der Waals surface area (Å²) in [5.41, 5.74) is 1.52. The van der Waals surface area contributed by atoms with Gasteiger partial charge in [0, 0.05) is 11.3 Å². The van der Waals surface area contributed by atoms with Gasteiger partial charge in [-0.2, -0.15) is 0 Å². The third-order valence-electron chi connectivity index (χ3n) is 3.65. The van der Waals surface area contributed by atoms with Gasteiger partial charge in [0.05, 0.1) is 16.3 Å². The first-order valence-corrected chi connectivity index (χ1v) is 10.5. The van der Waals surface area contributed by atoms with E-state index in [2.05, 4.69) is 20.8 Å². The molecule has 0 bridgehead atoms. The van der Waals surface area contributed by atoms with E-state index in [9.17, 15) is 14.4 Å². The molecule has 0 unspecified atom stereocenters. The number of Topliss-reactive ketones (excluding diaryl/α,β-unsaturated/α-hetero) is 1. The highest BCUT2D eigenvalue weighted by atomic mass is 35.5. The zero-order valence-corrected chi connectivity index (χ0v) is 17.5. The Morgan fingerprint density at radius 3 is 2.45 bits per heavy atom. The van der Waals surface area contributed by atoms with Crippen molar-refractivity contribution in [1.29, 1.82) is 0 Å². The molecule has 3 rings (SSSR count).